The molecule has 3 aromatic rings. The van der Waals surface area contributed by atoms with E-state index in [1.807, 2.05) is 6.92 Å². The van der Waals surface area contributed by atoms with E-state index in [4.69, 9.17) is 19.6 Å². The van der Waals surface area contributed by atoms with Crippen molar-refractivity contribution >= 4 is 17.5 Å². The molecule has 1 atom stereocenters. The Balaban J connectivity index is 1.33. The number of halogens is 1. The number of amides is 1. The van der Waals surface area contributed by atoms with Crippen LogP contribution in [-0.2, 0) is 16.0 Å². The van der Waals surface area contributed by atoms with Gasteiger partial charge in [-0.3, -0.25) is 4.79 Å². The summed E-state index contributed by atoms with van der Waals surface area (Å²) < 4.78 is 28.9. The first-order valence-corrected chi connectivity index (χ1v) is 16.3. The predicted octanol–water partition coefficient (Wildman–Crippen LogP) is 6.36. The maximum absolute atomic E-state index is 15.6. The molecule has 0 spiro atoms. The highest BCUT2D eigenvalue weighted by Gasteiger charge is 2.50. The number of ether oxygens (including phenoxy) is 2. The summed E-state index contributed by atoms with van der Waals surface area (Å²) in [4.78, 5) is 31.1. The largest absolute Gasteiger partial charge is 0.490 e. The normalized spacial score (nSPS) is 26.0. The first kappa shape index (κ1) is 30.1. The van der Waals surface area contributed by atoms with Gasteiger partial charge in [0, 0.05) is 35.0 Å². The van der Waals surface area contributed by atoms with Gasteiger partial charge in [-0.05, 0) is 121 Å². The van der Waals surface area contributed by atoms with Crippen LogP contribution in [0.5, 0.6) is 5.75 Å². The molecule has 10 heteroatoms. The Morgan fingerprint density at radius 3 is 2.44 bits per heavy atom. The lowest BCUT2D eigenvalue weighted by atomic mass is 9.49. The first-order valence-electron chi connectivity index (χ1n) is 16.3. The Morgan fingerprint density at radius 2 is 1.82 bits per heavy atom. The van der Waals surface area contributed by atoms with Crippen molar-refractivity contribution in [2.45, 2.75) is 97.7 Å². The van der Waals surface area contributed by atoms with Gasteiger partial charge in [0.1, 0.15) is 0 Å². The topological polar surface area (TPSA) is 115 Å². The maximum atomic E-state index is 15.6. The van der Waals surface area contributed by atoms with Gasteiger partial charge in [0.05, 0.1) is 17.9 Å². The molecule has 1 amide bonds. The molecule has 3 heterocycles. The minimum absolute atomic E-state index is 0.162. The fourth-order valence-corrected chi connectivity index (χ4v) is 9.17. The average molecular weight is 619 g/mol. The third-order valence-corrected chi connectivity index (χ3v) is 10.5. The van der Waals surface area contributed by atoms with E-state index in [-0.39, 0.29) is 28.3 Å². The van der Waals surface area contributed by atoms with Crippen LogP contribution in [0.3, 0.4) is 0 Å². The van der Waals surface area contributed by atoms with Gasteiger partial charge in [0.25, 0.3) is 5.91 Å². The molecule has 45 heavy (non-hydrogen) atoms. The van der Waals surface area contributed by atoms with Crippen molar-refractivity contribution < 1.29 is 28.6 Å². The van der Waals surface area contributed by atoms with Gasteiger partial charge in [-0.1, -0.05) is 0 Å². The lowest BCUT2D eigenvalue weighted by molar-refractivity contribution is -0.160. The number of benzene rings is 1. The van der Waals surface area contributed by atoms with Crippen molar-refractivity contribution in [3.63, 3.8) is 0 Å². The van der Waals surface area contributed by atoms with Gasteiger partial charge < -0.3 is 19.9 Å². The van der Waals surface area contributed by atoms with E-state index in [2.05, 4.69) is 5.32 Å². The standard InChI is InChI=1S/C35H43FN4O5/c1-18-23-7-6-8-44-30(23)25(36)12-24(18)29-28(31(33(42)43)45-34(3,4)5)19(2)38-27-13-26(39-40(27)29)32(41)37-17-35-14-20-9-21(15-35)11-22(10-20)16-35/h12-13,20-22,31H,6-11,14-17H2,1-5H3,(H,37,41)(H,42,43)/t20?,21?,22?,31-,35?/m0/s1. The van der Waals surface area contributed by atoms with Crippen molar-refractivity contribution in [3.8, 4) is 17.0 Å². The van der Waals surface area contributed by atoms with Crippen LogP contribution >= 0.6 is 0 Å². The lowest BCUT2D eigenvalue weighted by Gasteiger charge is -2.56. The molecule has 9 nitrogen and oxygen atoms in total. The quantitative estimate of drug-likeness (QED) is 0.317. The van der Waals surface area contributed by atoms with Crippen LogP contribution in [0.25, 0.3) is 16.9 Å². The molecule has 4 bridgehead atoms. The molecule has 4 saturated carbocycles. The molecule has 0 radical (unpaired) electrons. The molecule has 0 unspecified atom stereocenters. The van der Waals surface area contributed by atoms with E-state index in [0.717, 1.165) is 35.3 Å². The highest BCUT2D eigenvalue weighted by Crippen LogP contribution is 2.59. The van der Waals surface area contributed by atoms with Gasteiger partial charge in [-0.15, -0.1) is 0 Å². The fraction of sp³-hybridized carbons (Fsp3) is 0.600. The molecule has 1 aliphatic heterocycles. The van der Waals surface area contributed by atoms with Crippen molar-refractivity contribution in [3.05, 3.63) is 46.0 Å². The Kier molecular flexibility index (Phi) is 7.22. The van der Waals surface area contributed by atoms with E-state index in [9.17, 15) is 14.7 Å². The maximum Gasteiger partial charge on any atom is 0.337 e. The lowest BCUT2D eigenvalue weighted by Crippen LogP contribution is -2.51. The second kappa shape index (κ2) is 10.8. The van der Waals surface area contributed by atoms with Gasteiger partial charge in [0.2, 0.25) is 0 Å². The van der Waals surface area contributed by atoms with Gasteiger partial charge in [0.15, 0.2) is 29.0 Å². The third kappa shape index (κ3) is 5.38. The number of rotatable bonds is 7. The second-order valence-corrected chi connectivity index (χ2v) is 15.1. The molecule has 4 aliphatic carbocycles. The number of carboxylic acids is 1. The number of aryl methyl sites for hydroxylation is 1. The summed E-state index contributed by atoms with van der Waals surface area (Å²) >= 11 is 0. The minimum atomic E-state index is -1.41. The van der Waals surface area contributed by atoms with Crippen molar-refractivity contribution in [1.29, 1.82) is 0 Å². The first-order chi connectivity index (χ1) is 21.3. The Hall–Kier alpha value is -3.53. The van der Waals surface area contributed by atoms with Crippen LogP contribution in [0, 0.1) is 42.8 Å². The van der Waals surface area contributed by atoms with Crippen LogP contribution in [0.1, 0.15) is 105 Å². The number of fused-ring (bicyclic) bond motifs is 2. The molecular weight excluding hydrogens is 575 g/mol. The van der Waals surface area contributed by atoms with Crippen molar-refractivity contribution in [2.75, 3.05) is 13.2 Å². The predicted molar refractivity (Wildman–Crippen MR) is 166 cm³/mol. The number of hydrogen-bond acceptors (Lipinski definition) is 6. The van der Waals surface area contributed by atoms with Gasteiger partial charge in [-0.2, -0.15) is 5.10 Å². The van der Waals surface area contributed by atoms with Crippen LogP contribution in [-0.4, -0.2) is 50.3 Å². The van der Waals surface area contributed by atoms with Crippen LogP contribution < -0.4 is 10.1 Å². The summed E-state index contributed by atoms with van der Waals surface area (Å²) in [6.07, 6.45) is 7.50. The summed E-state index contributed by atoms with van der Waals surface area (Å²) in [7, 11) is 0. The van der Waals surface area contributed by atoms with Crippen molar-refractivity contribution in [1.82, 2.24) is 19.9 Å². The fourth-order valence-electron chi connectivity index (χ4n) is 9.17. The van der Waals surface area contributed by atoms with Crippen LogP contribution in [0.4, 0.5) is 4.39 Å². The summed E-state index contributed by atoms with van der Waals surface area (Å²) in [5.41, 5.74) is 2.92. The Morgan fingerprint density at radius 1 is 1.16 bits per heavy atom. The van der Waals surface area contributed by atoms with Crippen LogP contribution in [0.15, 0.2) is 12.1 Å². The molecular formula is C35H43FN4O5. The van der Waals surface area contributed by atoms with Crippen molar-refractivity contribution in [2.24, 2.45) is 23.2 Å². The summed E-state index contributed by atoms with van der Waals surface area (Å²) in [6, 6.07) is 3.00. The van der Waals surface area contributed by atoms with E-state index in [1.54, 1.807) is 33.8 Å². The second-order valence-electron chi connectivity index (χ2n) is 15.1. The molecule has 2 N–H and O–H groups in total. The number of aromatic nitrogens is 3. The zero-order valence-electron chi connectivity index (χ0n) is 26.8. The summed E-state index contributed by atoms with van der Waals surface area (Å²) in [6.45, 7) is 10.0. The zero-order chi connectivity index (χ0) is 31.8. The zero-order valence-corrected chi connectivity index (χ0v) is 26.8. The number of hydrogen-bond donors (Lipinski definition) is 2. The van der Waals surface area contributed by atoms with E-state index in [1.165, 1.54) is 49.1 Å². The molecule has 1 aromatic carbocycles. The molecule has 4 fully saturated rings. The average Bonchev–Trinajstić information content (AvgIpc) is 3.39. The molecule has 8 rings (SSSR count). The molecule has 5 aliphatic rings. The SMILES string of the molecule is Cc1nc2cc(C(=O)NCC34CC5CC(CC(C5)C3)C4)nn2c(-c2cc(F)c3c(c2C)CCCO3)c1[C@H](OC(C)(C)C)C(=O)O. The van der Waals surface area contributed by atoms with E-state index >= 15 is 4.39 Å². The minimum Gasteiger partial charge on any atom is -0.490 e. The number of nitrogens with zero attached hydrogens (tertiary/aromatic N) is 3. The van der Waals surface area contributed by atoms with Gasteiger partial charge >= 0.3 is 5.97 Å². The van der Waals surface area contributed by atoms with Crippen LogP contribution in [0.2, 0.25) is 0 Å². The number of aliphatic carboxylic acids is 1. The summed E-state index contributed by atoms with van der Waals surface area (Å²) in [5.74, 6) is 0.554. The number of carbonyl (C=O) groups is 2. The Labute approximate surface area is 262 Å². The van der Waals surface area contributed by atoms with E-state index in [0.29, 0.717) is 42.2 Å². The number of carboxylic acid groups (broad SMARTS) is 1. The highest BCUT2D eigenvalue weighted by molar-refractivity contribution is 5.93. The molecule has 2 aromatic heterocycles. The third-order valence-electron chi connectivity index (χ3n) is 10.5. The summed E-state index contributed by atoms with van der Waals surface area (Å²) in [5, 5.41) is 18.3. The smallest absolute Gasteiger partial charge is 0.337 e. The molecule has 0 saturated heterocycles. The molecule has 240 valence electrons. The highest BCUT2D eigenvalue weighted by atomic mass is 19.1. The number of nitrogens with one attached hydrogen (secondary N) is 1. The Bertz CT molecular complexity index is 1670. The van der Waals surface area contributed by atoms with E-state index < -0.39 is 23.5 Å². The monoisotopic (exact) mass is 618 g/mol. The number of carbonyl (C=O) groups excluding carboxylic acids is 1. The van der Waals surface area contributed by atoms with Gasteiger partial charge in [-0.25, -0.2) is 18.7 Å².